The number of thiocarbonyl (C=S) groups is 1. The number of non-ortho nitro benzene ring substituents is 1. The number of benzene rings is 1. The highest BCUT2D eigenvalue weighted by molar-refractivity contribution is 8.23. The molecule has 0 aromatic heterocycles. The van der Waals surface area contributed by atoms with Gasteiger partial charge in [-0.05, 0) is 26.8 Å². The molecule has 0 bridgehead atoms. The van der Waals surface area contributed by atoms with Crippen molar-refractivity contribution < 1.29 is 14.5 Å². The number of carbonyl (C=O) groups excluding carboxylic acids is 1. The SMILES string of the molecule is CCN(CC)C(=S)S[C@@H](C)C(=O)Nc1cc([N+](=O)[O-])ccc1OC. The zero-order valence-electron chi connectivity index (χ0n) is 14.1. The van der Waals surface area contributed by atoms with E-state index in [1.807, 2.05) is 18.7 Å². The van der Waals surface area contributed by atoms with Crippen molar-refractivity contribution >= 4 is 45.6 Å². The molecule has 1 N–H and O–H groups in total. The highest BCUT2D eigenvalue weighted by Crippen LogP contribution is 2.29. The molecule has 9 heteroatoms. The van der Waals surface area contributed by atoms with Crippen LogP contribution in [0, 0.1) is 10.1 Å². The summed E-state index contributed by atoms with van der Waals surface area (Å²) >= 11 is 6.61. The molecule has 0 spiro atoms. The van der Waals surface area contributed by atoms with Crippen LogP contribution in [0.2, 0.25) is 0 Å². The number of methoxy groups -OCH3 is 1. The van der Waals surface area contributed by atoms with Gasteiger partial charge in [0.25, 0.3) is 5.69 Å². The molecule has 1 atom stereocenters. The summed E-state index contributed by atoms with van der Waals surface area (Å²) in [6.45, 7) is 7.27. The first-order valence-corrected chi connectivity index (χ1v) is 8.71. The summed E-state index contributed by atoms with van der Waals surface area (Å²) in [7, 11) is 1.44. The molecule has 0 aliphatic carbocycles. The molecule has 0 aliphatic heterocycles. The fourth-order valence-corrected chi connectivity index (χ4v) is 3.47. The summed E-state index contributed by atoms with van der Waals surface area (Å²) in [6.07, 6.45) is 0. The van der Waals surface area contributed by atoms with E-state index in [9.17, 15) is 14.9 Å². The Morgan fingerprint density at radius 1 is 1.46 bits per heavy atom. The van der Waals surface area contributed by atoms with Crippen LogP contribution in [0.15, 0.2) is 18.2 Å². The second kappa shape index (κ2) is 9.43. The molecule has 1 aromatic carbocycles. The van der Waals surface area contributed by atoms with Crippen LogP contribution in [0.25, 0.3) is 0 Å². The summed E-state index contributed by atoms with van der Waals surface area (Å²) in [4.78, 5) is 24.7. The number of hydrogen-bond donors (Lipinski definition) is 1. The van der Waals surface area contributed by atoms with Crippen LogP contribution in [0.5, 0.6) is 5.75 Å². The number of anilines is 1. The van der Waals surface area contributed by atoms with E-state index in [1.165, 1.54) is 37.1 Å². The van der Waals surface area contributed by atoms with Gasteiger partial charge in [-0.1, -0.05) is 24.0 Å². The molecule has 0 saturated heterocycles. The minimum Gasteiger partial charge on any atom is -0.495 e. The normalized spacial score (nSPS) is 11.5. The Balaban J connectivity index is 2.84. The Hall–Kier alpha value is -1.87. The maximum atomic E-state index is 12.4. The number of nitrogens with one attached hydrogen (secondary N) is 1. The third-order valence-corrected chi connectivity index (χ3v) is 4.89. The van der Waals surface area contributed by atoms with Gasteiger partial charge in [0, 0.05) is 25.2 Å². The fourth-order valence-electron chi connectivity index (χ4n) is 1.90. The molecule has 1 aromatic rings. The van der Waals surface area contributed by atoms with E-state index in [-0.39, 0.29) is 17.3 Å². The maximum Gasteiger partial charge on any atom is 0.271 e. The predicted octanol–water partition coefficient (Wildman–Crippen LogP) is 3.29. The number of thioether (sulfide) groups is 1. The van der Waals surface area contributed by atoms with Crippen LogP contribution in [0.3, 0.4) is 0 Å². The van der Waals surface area contributed by atoms with E-state index in [0.29, 0.717) is 10.1 Å². The number of nitro benzene ring substituents is 1. The minimum absolute atomic E-state index is 0.120. The average molecular weight is 371 g/mol. The molecular weight excluding hydrogens is 350 g/mol. The van der Waals surface area contributed by atoms with E-state index in [2.05, 4.69) is 5.32 Å². The zero-order chi connectivity index (χ0) is 18.3. The number of amides is 1. The molecular formula is C15H21N3O4S2. The van der Waals surface area contributed by atoms with Crippen molar-refractivity contribution in [2.45, 2.75) is 26.0 Å². The molecule has 1 amide bonds. The van der Waals surface area contributed by atoms with Crippen LogP contribution in [0.1, 0.15) is 20.8 Å². The van der Waals surface area contributed by atoms with Crippen molar-refractivity contribution in [3.8, 4) is 5.75 Å². The van der Waals surface area contributed by atoms with Crippen molar-refractivity contribution in [3.63, 3.8) is 0 Å². The van der Waals surface area contributed by atoms with Crippen molar-refractivity contribution in [1.29, 1.82) is 0 Å². The van der Waals surface area contributed by atoms with Crippen molar-refractivity contribution in [3.05, 3.63) is 28.3 Å². The molecule has 7 nitrogen and oxygen atoms in total. The van der Waals surface area contributed by atoms with Crippen LogP contribution >= 0.6 is 24.0 Å². The lowest BCUT2D eigenvalue weighted by molar-refractivity contribution is -0.384. The van der Waals surface area contributed by atoms with E-state index in [1.54, 1.807) is 6.92 Å². The van der Waals surface area contributed by atoms with Gasteiger partial charge in [-0.3, -0.25) is 14.9 Å². The van der Waals surface area contributed by atoms with Gasteiger partial charge in [-0.25, -0.2) is 0 Å². The van der Waals surface area contributed by atoms with Gasteiger partial charge >= 0.3 is 0 Å². The minimum atomic E-state index is -0.525. The lowest BCUT2D eigenvalue weighted by Crippen LogP contribution is -2.31. The van der Waals surface area contributed by atoms with Crippen LogP contribution in [-0.4, -0.2) is 45.5 Å². The Morgan fingerprint density at radius 3 is 2.58 bits per heavy atom. The van der Waals surface area contributed by atoms with Gasteiger partial charge in [-0.2, -0.15) is 0 Å². The number of carbonyl (C=O) groups is 1. The Labute approximate surface area is 150 Å². The monoisotopic (exact) mass is 371 g/mol. The average Bonchev–Trinajstić information content (AvgIpc) is 2.55. The van der Waals surface area contributed by atoms with Crippen LogP contribution in [-0.2, 0) is 4.79 Å². The molecule has 0 saturated carbocycles. The quantitative estimate of drug-likeness (QED) is 0.447. The molecule has 0 fully saturated rings. The topological polar surface area (TPSA) is 84.7 Å². The lowest BCUT2D eigenvalue weighted by atomic mass is 10.2. The molecule has 0 aliphatic rings. The Morgan fingerprint density at radius 2 is 2.08 bits per heavy atom. The largest absolute Gasteiger partial charge is 0.495 e. The molecule has 0 unspecified atom stereocenters. The summed E-state index contributed by atoms with van der Waals surface area (Å²) in [5.74, 6) is 0.0609. The van der Waals surface area contributed by atoms with E-state index >= 15 is 0 Å². The smallest absolute Gasteiger partial charge is 0.271 e. The van der Waals surface area contributed by atoms with Gasteiger partial charge in [0.1, 0.15) is 10.1 Å². The van der Waals surface area contributed by atoms with E-state index < -0.39 is 10.2 Å². The molecule has 0 heterocycles. The van der Waals surface area contributed by atoms with E-state index in [0.717, 1.165) is 13.1 Å². The first-order valence-electron chi connectivity index (χ1n) is 7.42. The maximum absolute atomic E-state index is 12.4. The summed E-state index contributed by atoms with van der Waals surface area (Å²) in [5, 5.41) is 13.1. The number of hydrogen-bond acceptors (Lipinski definition) is 6. The van der Waals surface area contributed by atoms with Gasteiger partial charge in [0.05, 0.1) is 23.0 Å². The number of ether oxygens (including phenoxy) is 1. The first kappa shape index (κ1) is 20.2. The van der Waals surface area contributed by atoms with Gasteiger partial charge in [-0.15, -0.1) is 0 Å². The van der Waals surface area contributed by atoms with Crippen LogP contribution < -0.4 is 10.1 Å². The summed E-state index contributed by atoms with van der Waals surface area (Å²) < 4.78 is 5.78. The van der Waals surface area contributed by atoms with E-state index in [4.69, 9.17) is 17.0 Å². The number of nitro groups is 1. The van der Waals surface area contributed by atoms with Crippen molar-refractivity contribution in [1.82, 2.24) is 4.90 Å². The molecule has 0 radical (unpaired) electrons. The summed E-state index contributed by atoms with van der Waals surface area (Å²) in [6, 6.07) is 4.05. The van der Waals surface area contributed by atoms with Crippen molar-refractivity contribution in [2.24, 2.45) is 0 Å². The highest BCUT2D eigenvalue weighted by atomic mass is 32.2. The Bertz CT molecular complexity index is 621. The van der Waals surface area contributed by atoms with Crippen molar-refractivity contribution in [2.75, 3.05) is 25.5 Å². The highest BCUT2D eigenvalue weighted by Gasteiger charge is 2.20. The second-order valence-corrected chi connectivity index (χ2v) is 6.80. The van der Waals surface area contributed by atoms with Gasteiger partial charge < -0.3 is 15.0 Å². The van der Waals surface area contributed by atoms with Gasteiger partial charge in [0.2, 0.25) is 5.91 Å². The van der Waals surface area contributed by atoms with Crippen LogP contribution in [0.4, 0.5) is 11.4 Å². The third kappa shape index (κ3) is 5.34. The zero-order valence-corrected chi connectivity index (χ0v) is 15.7. The predicted molar refractivity (Wildman–Crippen MR) is 101 cm³/mol. The molecule has 132 valence electrons. The first-order chi connectivity index (χ1) is 11.3. The molecule has 1 rings (SSSR count). The van der Waals surface area contributed by atoms with Gasteiger partial charge in [0.15, 0.2) is 0 Å². The molecule has 24 heavy (non-hydrogen) atoms. The summed E-state index contributed by atoms with van der Waals surface area (Å²) in [5.41, 5.74) is 0.142. The lowest BCUT2D eigenvalue weighted by Gasteiger charge is -2.23. The number of rotatable bonds is 7. The Kier molecular flexibility index (Phi) is 7.93. The standard InChI is InChI=1S/C15H21N3O4S2/c1-5-17(6-2)15(23)24-10(3)14(19)16-12-9-11(18(20)21)7-8-13(12)22-4/h7-10H,5-6H2,1-4H3,(H,16,19)/t10-/m0/s1. The third-order valence-electron chi connectivity index (χ3n) is 3.32. The second-order valence-electron chi connectivity index (χ2n) is 4.83. The fraction of sp³-hybridized carbons (Fsp3) is 0.467. The number of nitrogens with zero attached hydrogens (tertiary/aromatic N) is 2.